The third kappa shape index (κ3) is 4.27. The van der Waals surface area contributed by atoms with Gasteiger partial charge in [-0.2, -0.15) is 0 Å². The van der Waals surface area contributed by atoms with Crippen LogP contribution in [0.15, 0.2) is 63.8 Å². The summed E-state index contributed by atoms with van der Waals surface area (Å²) < 4.78 is 11.7. The van der Waals surface area contributed by atoms with Gasteiger partial charge in [0, 0.05) is 26.2 Å². The van der Waals surface area contributed by atoms with Gasteiger partial charge in [0.2, 0.25) is 5.95 Å². The summed E-state index contributed by atoms with van der Waals surface area (Å²) in [5, 5.41) is 0.568. The van der Waals surface area contributed by atoms with E-state index in [1.807, 2.05) is 29.2 Å². The van der Waals surface area contributed by atoms with E-state index in [4.69, 9.17) is 9.15 Å². The largest absolute Gasteiger partial charge is 0.486 e. The molecule has 0 atom stereocenters. The van der Waals surface area contributed by atoms with Crippen molar-refractivity contribution in [2.24, 2.45) is 0 Å². The van der Waals surface area contributed by atoms with Crippen LogP contribution in [0.2, 0.25) is 0 Å². The molecule has 1 fully saturated rings. The molecule has 8 nitrogen and oxygen atoms in total. The van der Waals surface area contributed by atoms with Gasteiger partial charge >= 0.3 is 0 Å². The van der Waals surface area contributed by atoms with E-state index >= 15 is 0 Å². The highest BCUT2D eigenvalue weighted by Crippen LogP contribution is 2.26. The first-order valence-electron chi connectivity index (χ1n) is 12.0. The average molecular weight is 471 g/mol. The van der Waals surface area contributed by atoms with E-state index in [1.54, 1.807) is 23.1 Å². The minimum absolute atomic E-state index is 0.145. The summed E-state index contributed by atoms with van der Waals surface area (Å²) >= 11 is 0. The number of carbonyl (C=O) groups excluding carboxylic acids is 1. The fraction of sp³-hybridized carbons (Fsp3) is 0.296. The summed E-state index contributed by atoms with van der Waals surface area (Å²) in [4.78, 5) is 36.6. The number of piperazine rings is 1. The van der Waals surface area contributed by atoms with Crippen LogP contribution < -0.4 is 15.2 Å². The summed E-state index contributed by atoms with van der Waals surface area (Å²) in [6, 6.07) is 17.0. The zero-order valence-electron chi connectivity index (χ0n) is 19.3. The lowest BCUT2D eigenvalue weighted by Crippen LogP contribution is -2.49. The number of nitrogens with zero attached hydrogens (tertiary/aromatic N) is 3. The van der Waals surface area contributed by atoms with Crippen LogP contribution in [0, 0.1) is 0 Å². The number of hydrogen-bond donors (Lipinski definition) is 1. The Bertz CT molecular complexity index is 1450. The molecule has 1 saturated heterocycles. The maximum absolute atomic E-state index is 13.0. The number of ether oxygens (including phenoxy) is 1. The van der Waals surface area contributed by atoms with Crippen molar-refractivity contribution in [3.63, 3.8) is 0 Å². The number of H-pyrrole nitrogens is 1. The topological polar surface area (TPSA) is 91.7 Å². The first-order chi connectivity index (χ1) is 17.1. The molecule has 178 valence electrons. The van der Waals surface area contributed by atoms with E-state index in [1.165, 1.54) is 17.5 Å². The molecule has 0 radical (unpaired) electrons. The van der Waals surface area contributed by atoms with Crippen LogP contribution in [0.1, 0.15) is 33.9 Å². The van der Waals surface area contributed by atoms with E-state index in [-0.39, 0.29) is 18.1 Å². The Kier molecular flexibility index (Phi) is 5.48. The Hall–Kier alpha value is -4.07. The van der Waals surface area contributed by atoms with Crippen molar-refractivity contribution in [1.29, 1.82) is 0 Å². The smallest absolute Gasteiger partial charge is 0.289 e. The first-order valence-corrected chi connectivity index (χ1v) is 12.0. The lowest BCUT2D eigenvalue weighted by Gasteiger charge is -2.34. The quantitative estimate of drug-likeness (QED) is 0.480. The Balaban J connectivity index is 1.06. The van der Waals surface area contributed by atoms with Crippen molar-refractivity contribution in [3.05, 3.63) is 87.6 Å². The number of rotatable bonds is 5. The number of fused-ring (bicyclic) bond motifs is 2. The highest BCUT2D eigenvalue weighted by atomic mass is 16.5. The number of aromatic amines is 1. The summed E-state index contributed by atoms with van der Waals surface area (Å²) in [6.07, 6.45) is 3.45. The maximum atomic E-state index is 13.0. The predicted octanol–water partition coefficient (Wildman–Crippen LogP) is 3.55. The molecule has 0 saturated carbocycles. The number of nitrogens with one attached hydrogen (secondary N) is 1. The first kappa shape index (κ1) is 21.5. The van der Waals surface area contributed by atoms with E-state index in [2.05, 4.69) is 22.1 Å². The van der Waals surface area contributed by atoms with Crippen molar-refractivity contribution in [2.75, 3.05) is 31.1 Å². The van der Waals surface area contributed by atoms with Crippen molar-refractivity contribution < 1.29 is 13.9 Å². The predicted molar refractivity (Wildman–Crippen MR) is 132 cm³/mol. The minimum Gasteiger partial charge on any atom is -0.486 e. The molecule has 35 heavy (non-hydrogen) atoms. The summed E-state index contributed by atoms with van der Waals surface area (Å²) in [6.45, 7) is 2.44. The molecule has 6 rings (SSSR count). The van der Waals surface area contributed by atoms with Crippen LogP contribution in [-0.2, 0) is 19.4 Å². The number of hydrogen-bond acceptors (Lipinski definition) is 6. The molecule has 1 aliphatic heterocycles. The summed E-state index contributed by atoms with van der Waals surface area (Å²) in [5.41, 5.74) is 3.27. The Labute approximate surface area is 202 Å². The molecule has 3 heterocycles. The third-order valence-corrected chi connectivity index (χ3v) is 6.79. The van der Waals surface area contributed by atoms with Gasteiger partial charge in [-0.15, -0.1) is 0 Å². The monoisotopic (exact) mass is 470 g/mol. The van der Waals surface area contributed by atoms with Gasteiger partial charge in [0.1, 0.15) is 18.1 Å². The molecule has 1 N–H and O–H groups in total. The van der Waals surface area contributed by atoms with Crippen LogP contribution in [-0.4, -0.2) is 47.0 Å². The van der Waals surface area contributed by atoms with Gasteiger partial charge in [0.25, 0.3) is 11.5 Å². The zero-order valence-corrected chi connectivity index (χ0v) is 19.3. The average Bonchev–Trinajstić information content (AvgIpc) is 3.56. The molecule has 1 aliphatic carbocycles. The van der Waals surface area contributed by atoms with E-state index in [0.29, 0.717) is 54.6 Å². The lowest BCUT2D eigenvalue weighted by molar-refractivity contribution is 0.0710. The summed E-state index contributed by atoms with van der Waals surface area (Å²) in [5.74, 6) is 2.14. The van der Waals surface area contributed by atoms with Gasteiger partial charge in [-0.05, 0) is 66.8 Å². The number of amides is 1. The van der Waals surface area contributed by atoms with E-state index < -0.39 is 0 Å². The van der Waals surface area contributed by atoms with Gasteiger partial charge in [-0.25, -0.2) is 4.98 Å². The maximum Gasteiger partial charge on any atom is 0.289 e. The molecule has 2 aliphatic rings. The van der Waals surface area contributed by atoms with Gasteiger partial charge in [0.15, 0.2) is 5.76 Å². The van der Waals surface area contributed by atoms with E-state index in [9.17, 15) is 9.59 Å². The minimum atomic E-state index is -0.158. The van der Waals surface area contributed by atoms with Gasteiger partial charge < -0.3 is 19.0 Å². The number of para-hydroxylation sites is 1. The van der Waals surface area contributed by atoms with Crippen LogP contribution in [0.25, 0.3) is 10.9 Å². The van der Waals surface area contributed by atoms with Crippen molar-refractivity contribution >= 4 is 22.8 Å². The van der Waals surface area contributed by atoms with Crippen LogP contribution in [0.4, 0.5) is 5.95 Å². The number of aryl methyl sites for hydroxylation is 2. The third-order valence-electron chi connectivity index (χ3n) is 6.79. The molecule has 8 heteroatoms. The highest BCUT2D eigenvalue weighted by molar-refractivity contribution is 5.91. The molecule has 2 aromatic heterocycles. The number of furan rings is 1. The molecule has 0 spiro atoms. The van der Waals surface area contributed by atoms with Gasteiger partial charge in [-0.1, -0.05) is 18.2 Å². The Morgan fingerprint density at radius 2 is 1.83 bits per heavy atom. The Morgan fingerprint density at radius 3 is 2.71 bits per heavy atom. The number of anilines is 1. The van der Waals surface area contributed by atoms with Crippen molar-refractivity contribution in [1.82, 2.24) is 14.9 Å². The molecule has 1 amide bonds. The normalized spacial score (nSPS) is 15.4. The standard InChI is InChI=1S/C27H26N4O4/c32-25-22-6-1-2-7-23(22)28-27(29-25)31-14-12-30(13-15-31)26(33)24-11-10-21(35-24)17-34-20-9-8-18-4-3-5-19(18)16-20/h1-2,6-11,16H,3-5,12-15,17H2,(H,28,29,32). The second-order valence-electron chi connectivity index (χ2n) is 9.02. The van der Waals surface area contributed by atoms with Crippen molar-refractivity contribution in [3.8, 4) is 5.75 Å². The Morgan fingerprint density at radius 1 is 1.00 bits per heavy atom. The fourth-order valence-electron chi connectivity index (χ4n) is 4.86. The van der Waals surface area contributed by atoms with Crippen LogP contribution >= 0.6 is 0 Å². The van der Waals surface area contributed by atoms with E-state index in [0.717, 1.165) is 18.6 Å². The molecule has 2 aromatic carbocycles. The zero-order chi connectivity index (χ0) is 23.8. The molecular formula is C27H26N4O4. The van der Waals surface area contributed by atoms with Gasteiger partial charge in [0.05, 0.1) is 10.9 Å². The molecule has 0 unspecified atom stereocenters. The second-order valence-corrected chi connectivity index (χ2v) is 9.02. The number of benzene rings is 2. The van der Waals surface area contributed by atoms with Crippen molar-refractivity contribution in [2.45, 2.75) is 25.9 Å². The molecular weight excluding hydrogens is 444 g/mol. The highest BCUT2D eigenvalue weighted by Gasteiger charge is 2.25. The second kappa shape index (κ2) is 8.94. The van der Waals surface area contributed by atoms with Crippen LogP contribution in [0.3, 0.4) is 0 Å². The number of aromatic nitrogens is 2. The fourth-order valence-corrected chi connectivity index (χ4v) is 4.86. The van der Waals surface area contributed by atoms with Gasteiger partial charge in [-0.3, -0.25) is 14.6 Å². The van der Waals surface area contributed by atoms with Crippen LogP contribution in [0.5, 0.6) is 5.75 Å². The molecule has 4 aromatic rings. The molecule has 0 bridgehead atoms. The number of carbonyl (C=O) groups is 1. The summed E-state index contributed by atoms with van der Waals surface area (Å²) in [7, 11) is 0. The lowest BCUT2D eigenvalue weighted by atomic mass is 10.1. The SMILES string of the molecule is O=C(c1ccc(COc2ccc3c(c2)CCC3)o1)N1CCN(c2nc3ccccc3c(=O)[nH]2)CC1.